The number of ether oxygens (including phenoxy) is 1. The van der Waals surface area contributed by atoms with Crippen molar-refractivity contribution in [2.24, 2.45) is 5.92 Å². The number of carbonyl (C=O) groups excluding carboxylic acids is 1. The fourth-order valence-corrected chi connectivity index (χ4v) is 4.13. The number of benzene rings is 2. The maximum absolute atomic E-state index is 12.1. The van der Waals surface area contributed by atoms with Crippen molar-refractivity contribution in [1.82, 2.24) is 10.2 Å². The highest BCUT2D eigenvalue weighted by Gasteiger charge is 2.20. The topological polar surface area (TPSA) is 41.6 Å². The molecule has 1 heterocycles. The van der Waals surface area contributed by atoms with E-state index in [2.05, 4.69) is 40.7 Å². The molecule has 1 fully saturated rings. The van der Waals surface area contributed by atoms with Crippen LogP contribution in [0.15, 0.2) is 53.4 Å². The monoisotopic (exact) mass is 398 g/mol. The van der Waals surface area contributed by atoms with Gasteiger partial charge in [0.25, 0.3) is 5.91 Å². The number of amides is 1. The summed E-state index contributed by atoms with van der Waals surface area (Å²) >= 11 is 1.81. The normalized spacial score (nSPS) is 15.4. The lowest BCUT2D eigenvalue weighted by atomic mass is 9.96. The Labute approximate surface area is 172 Å². The molecule has 0 radical (unpaired) electrons. The third-order valence-electron chi connectivity index (χ3n) is 5.27. The summed E-state index contributed by atoms with van der Waals surface area (Å²) in [5.74, 6) is 1.24. The van der Waals surface area contributed by atoms with Gasteiger partial charge in [-0.05, 0) is 68.8 Å². The van der Waals surface area contributed by atoms with Gasteiger partial charge in [0.15, 0.2) is 6.61 Å². The average molecular weight is 399 g/mol. The van der Waals surface area contributed by atoms with Crippen molar-refractivity contribution in [2.75, 3.05) is 32.5 Å². The zero-order chi connectivity index (χ0) is 19.8. The van der Waals surface area contributed by atoms with Crippen LogP contribution in [0.5, 0.6) is 5.75 Å². The van der Waals surface area contributed by atoms with Gasteiger partial charge in [-0.25, -0.2) is 0 Å². The molecule has 0 atom stereocenters. The molecule has 150 valence electrons. The van der Waals surface area contributed by atoms with E-state index in [0.717, 1.165) is 44.8 Å². The van der Waals surface area contributed by atoms with E-state index in [1.54, 1.807) is 0 Å². The van der Waals surface area contributed by atoms with Gasteiger partial charge in [0.05, 0.1) is 0 Å². The van der Waals surface area contributed by atoms with Crippen LogP contribution in [0.4, 0.5) is 0 Å². The van der Waals surface area contributed by atoms with Crippen LogP contribution >= 0.6 is 11.8 Å². The SMILES string of the molecule is CSc1ccccc1CN1CCC(CNC(=O)COc2ccc(C)cc2)CC1. The maximum Gasteiger partial charge on any atom is 0.257 e. The minimum absolute atomic E-state index is 0.0445. The highest BCUT2D eigenvalue weighted by atomic mass is 32.2. The minimum Gasteiger partial charge on any atom is -0.484 e. The van der Waals surface area contributed by atoms with Crippen molar-refractivity contribution in [2.45, 2.75) is 31.2 Å². The van der Waals surface area contributed by atoms with Crippen molar-refractivity contribution < 1.29 is 9.53 Å². The second kappa shape index (κ2) is 10.5. The first-order valence-corrected chi connectivity index (χ1v) is 11.2. The van der Waals surface area contributed by atoms with E-state index >= 15 is 0 Å². The number of hydrogen-bond donors (Lipinski definition) is 1. The van der Waals surface area contributed by atoms with Crippen LogP contribution in [-0.2, 0) is 11.3 Å². The van der Waals surface area contributed by atoms with Gasteiger partial charge in [0.2, 0.25) is 0 Å². The molecule has 28 heavy (non-hydrogen) atoms. The van der Waals surface area contributed by atoms with Crippen LogP contribution in [0, 0.1) is 12.8 Å². The molecule has 5 heteroatoms. The summed E-state index contributed by atoms with van der Waals surface area (Å²) in [5.41, 5.74) is 2.59. The lowest BCUT2D eigenvalue weighted by Gasteiger charge is -2.32. The first-order chi connectivity index (χ1) is 13.6. The van der Waals surface area contributed by atoms with Gasteiger partial charge in [-0.3, -0.25) is 9.69 Å². The van der Waals surface area contributed by atoms with Crippen molar-refractivity contribution in [1.29, 1.82) is 0 Å². The van der Waals surface area contributed by atoms with Crippen molar-refractivity contribution in [3.63, 3.8) is 0 Å². The summed E-state index contributed by atoms with van der Waals surface area (Å²) in [6.07, 6.45) is 4.39. The first-order valence-electron chi connectivity index (χ1n) is 9.94. The van der Waals surface area contributed by atoms with Crippen LogP contribution in [0.3, 0.4) is 0 Å². The van der Waals surface area contributed by atoms with Gasteiger partial charge in [-0.2, -0.15) is 0 Å². The number of nitrogens with zero attached hydrogens (tertiary/aromatic N) is 1. The molecule has 2 aromatic rings. The molecule has 2 aromatic carbocycles. The van der Waals surface area contributed by atoms with Crippen LogP contribution in [0.25, 0.3) is 0 Å². The van der Waals surface area contributed by atoms with Gasteiger partial charge in [-0.15, -0.1) is 11.8 Å². The Balaban J connectivity index is 1.35. The quantitative estimate of drug-likeness (QED) is 0.679. The fourth-order valence-electron chi connectivity index (χ4n) is 3.52. The molecule has 1 N–H and O–H groups in total. The van der Waals surface area contributed by atoms with E-state index in [1.807, 2.05) is 43.0 Å². The van der Waals surface area contributed by atoms with Gasteiger partial charge in [-0.1, -0.05) is 35.9 Å². The molecule has 0 unspecified atom stereocenters. The standard InChI is InChI=1S/C23H30N2O2S/c1-18-7-9-21(10-8-18)27-17-23(26)24-15-19-11-13-25(14-12-19)16-20-5-3-4-6-22(20)28-2/h3-10,19H,11-17H2,1-2H3,(H,24,26). The largest absolute Gasteiger partial charge is 0.484 e. The van der Waals surface area contributed by atoms with Crippen LogP contribution in [0.2, 0.25) is 0 Å². The van der Waals surface area contributed by atoms with Gasteiger partial charge in [0, 0.05) is 18.0 Å². The van der Waals surface area contributed by atoms with Crippen LogP contribution < -0.4 is 10.1 Å². The first kappa shape index (κ1) is 20.7. The van der Waals surface area contributed by atoms with Gasteiger partial charge >= 0.3 is 0 Å². The third-order valence-corrected chi connectivity index (χ3v) is 6.11. The molecule has 0 spiro atoms. The second-order valence-electron chi connectivity index (χ2n) is 7.44. The highest BCUT2D eigenvalue weighted by molar-refractivity contribution is 7.98. The Morgan fingerprint density at radius 2 is 1.86 bits per heavy atom. The van der Waals surface area contributed by atoms with Crippen LogP contribution in [-0.4, -0.2) is 43.3 Å². The molecular weight excluding hydrogens is 368 g/mol. The summed E-state index contributed by atoms with van der Waals surface area (Å²) in [4.78, 5) is 15.9. The van der Waals surface area contributed by atoms with E-state index < -0.39 is 0 Å². The Kier molecular flexibility index (Phi) is 7.80. The number of carbonyl (C=O) groups is 1. The van der Waals surface area contributed by atoms with Crippen molar-refractivity contribution in [3.05, 3.63) is 59.7 Å². The summed E-state index contributed by atoms with van der Waals surface area (Å²) < 4.78 is 5.55. The van der Waals surface area contributed by atoms with Crippen molar-refractivity contribution >= 4 is 17.7 Å². The smallest absolute Gasteiger partial charge is 0.257 e. The molecule has 1 aliphatic rings. The van der Waals surface area contributed by atoms with E-state index in [1.165, 1.54) is 16.0 Å². The number of thioether (sulfide) groups is 1. The van der Waals surface area contributed by atoms with E-state index in [0.29, 0.717) is 5.92 Å². The molecule has 0 saturated carbocycles. The molecular formula is C23H30N2O2S. The number of rotatable bonds is 8. The van der Waals surface area contributed by atoms with Gasteiger partial charge in [0.1, 0.15) is 5.75 Å². The number of hydrogen-bond acceptors (Lipinski definition) is 4. The molecule has 0 bridgehead atoms. The Hall–Kier alpha value is -1.98. The Morgan fingerprint density at radius 3 is 2.57 bits per heavy atom. The van der Waals surface area contributed by atoms with Gasteiger partial charge < -0.3 is 10.1 Å². The number of piperidine rings is 1. The summed E-state index contributed by atoms with van der Waals surface area (Å²) in [5, 5.41) is 3.03. The summed E-state index contributed by atoms with van der Waals surface area (Å²) in [6, 6.07) is 16.4. The maximum atomic E-state index is 12.1. The Bertz CT molecular complexity index is 755. The molecule has 3 rings (SSSR count). The lowest BCUT2D eigenvalue weighted by molar-refractivity contribution is -0.123. The number of nitrogens with one attached hydrogen (secondary N) is 1. The highest BCUT2D eigenvalue weighted by Crippen LogP contribution is 2.24. The molecule has 4 nitrogen and oxygen atoms in total. The van der Waals surface area contributed by atoms with Crippen LogP contribution in [0.1, 0.15) is 24.0 Å². The molecule has 0 aromatic heterocycles. The molecule has 1 aliphatic heterocycles. The summed E-state index contributed by atoms with van der Waals surface area (Å²) in [6.45, 7) is 6.04. The van der Waals surface area contributed by atoms with E-state index in [4.69, 9.17) is 4.74 Å². The molecule has 1 amide bonds. The van der Waals surface area contributed by atoms with Crippen molar-refractivity contribution in [3.8, 4) is 5.75 Å². The average Bonchev–Trinajstić information content (AvgIpc) is 2.73. The zero-order valence-electron chi connectivity index (χ0n) is 16.8. The molecule has 0 aliphatic carbocycles. The minimum atomic E-state index is -0.0445. The second-order valence-corrected chi connectivity index (χ2v) is 8.29. The third kappa shape index (κ3) is 6.28. The summed E-state index contributed by atoms with van der Waals surface area (Å²) in [7, 11) is 0. The Morgan fingerprint density at radius 1 is 1.14 bits per heavy atom. The van der Waals surface area contributed by atoms with E-state index in [9.17, 15) is 4.79 Å². The van der Waals surface area contributed by atoms with E-state index in [-0.39, 0.29) is 12.5 Å². The zero-order valence-corrected chi connectivity index (χ0v) is 17.6. The number of likely N-dealkylation sites (tertiary alicyclic amines) is 1. The predicted octanol–water partition coefficient (Wildman–Crippen LogP) is 4.12. The predicted molar refractivity (Wildman–Crippen MR) is 116 cm³/mol. The number of aryl methyl sites for hydroxylation is 1. The fraction of sp³-hybridized carbons (Fsp3) is 0.435. The molecule has 1 saturated heterocycles. The lowest BCUT2D eigenvalue weighted by Crippen LogP contribution is -2.39.